The molecule has 1 amide bonds. The molecule has 0 fully saturated rings. The monoisotopic (exact) mass is 394 g/mol. The zero-order chi connectivity index (χ0) is 19.4. The second-order valence-corrected chi connectivity index (χ2v) is 6.53. The maximum absolute atomic E-state index is 12.4. The smallest absolute Gasteiger partial charge is 0.323 e. The Bertz CT molecular complexity index is 1040. The van der Waals surface area contributed by atoms with Crippen molar-refractivity contribution in [2.24, 2.45) is 0 Å². The molecule has 2 aromatic carbocycles. The predicted molar refractivity (Wildman–Crippen MR) is 95.6 cm³/mol. The molecule has 1 aromatic heterocycles. The number of hydrogen-bond acceptors (Lipinski definition) is 5. The molecule has 0 atom stereocenters. The van der Waals surface area contributed by atoms with Gasteiger partial charge in [-0.1, -0.05) is 29.5 Å². The van der Waals surface area contributed by atoms with Crippen LogP contribution >= 0.6 is 11.8 Å². The summed E-state index contributed by atoms with van der Waals surface area (Å²) in [6, 6.07) is 12.7. The van der Waals surface area contributed by atoms with Gasteiger partial charge in [-0.15, -0.1) is 16.9 Å². The van der Waals surface area contributed by atoms with E-state index in [0.717, 1.165) is 4.68 Å². The first-order valence-electron chi connectivity index (χ1n) is 7.74. The lowest BCUT2D eigenvalue weighted by molar-refractivity contribution is -0.117. The van der Waals surface area contributed by atoms with Gasteiger partial charge in [0.1, 0.15) is 12.1 Å². The van der Waals surface area contributed by atoms with Crippen molar-refractivity contribution in [1.82, 2.24) is 15.0 Å². The summed E-state index contributed by atoms with van der Waals surface area (Å²) in [6.45, 7) is -0.408. The standard InChI is InChI=1S/C17H13F3N4O2S/c18-17(19,20)10-27-14-8-4-3-7-13(14)21-15(25)9-24-16(26)11-5-1-2-6-12(11)22-23-24/h1-8H,9-10H2,(H,21,25). The highest BCUT2D eigenvalue weighted by Crippen LogP contribution is 2.32. The van der Waals surface area contributed by atoms with E-state index >= 15 is 0 Å². The molecule has 6 nitrogen and oxygen atoms in total. The first kappa shape index (κ1) is 18.9. The number of para-hydroxylation sites is 1. The zero-order valence-electron chi connectivity index (χ0n) is 13.7. The SMILES string of the molecule is O=C(Cn1nnc2ccccc2c1=O)Nc1ccccc1SCC(F)(F)F. The number of thioether (sulfide) groups is 1. The van der Waals surface area contributed by atoms with Gasteiger partial charge < -0.3 is 5.32 Å². The van der Waals surface area contributed by atoms with Crippen LogP contribution in [0.4, 0.5) is 18.9 Å². The molecule has 27 heavy (non-hydrogen) atoms. The second kappa shape index (κ2) is 7.78. The van der Waals surface area contributed by atoms with E-state index in [1.165, 1.54) is 12.1 Å². The summed E-state index contributed by atoms with van der Waals surface area (Å²) in [5, 5.41) is 10.4. The summed E-state index contributed by atoms with van der Waals surface area (Å²) in [5.74, 6) is -1.67. The van der Waals surface area contributed by atoms with Crippen molar-refractivity contribution < 1.29 is 18.0 Å². The van der Waals surface area contributed by atoms with Gasteiger partial charge in [-0.05, 0) is 24.3 Å². The summed E-state index contributed by atoms with van der Waals surface area (Å²) >= 11 is 0.571. The van der Waals surface area contributed by atoms with E-state index < -0.39 is 29.9 Å². The number of nitrogens with one attached hydrogen (secondary N) is 1. The molecule has 1 N–H and O–H groups in total. The van der Waals surface area contributed by atoms with Gasteiger partial charge in [0.25, 0.3) is 5.56 Å². The van der Waals surface area contributed by atoms with Gasteiger partial charge in [0.2, 0.25) is 5.91 Å². The third-order valence-corrected chi connectivity index (χ3v) is 4.61. The fourth-order valence-electron chi connectivity index (χ4n) is 2.31. The third kappa shape index (κ3) is 4.85. The molecule has 140 valence electrons. The number of fused-ring (bicyclic) bond motifs is 1. The molecule has 0 saturated carbocycles. The number of rotatable bonds is 5. The summed E-state index contributed by atoms with van der Waals surface area (Å²) in [4.78, 5) is 24.9. The summed E-state index contributed by atoms with van der Waals surface area (Å²) < 4.78 is 38.2. The van der Waals surface area contributed by atoms with E-state index in [1.54, 1.807) is 36.4 Å². The summed E-state index contributed by atoms with van der Waals surface area (Å²) in [7, 11) is 0. The highest BCUT2D eigenvalue weighted by atomic mass is 32.2. The molecule has 3 aromatic rings. The van der Waals surface area contributed by atoms with Crippen LogP contribution in [0.25, 0.3) is 10.9 Å². The van der Waals surface area contributed by atoms with Gasteiger partial charge in [0.15, 0.2) is 0 Å². The number of amides is 1. The minimum absolute atomic E-state index is 0.235. The summed E-state index contributed by atoms with van der Waals surface area (Å²) in [6.07, 6.45) is -4.32. The maximum atomic E-state index is 12.4. The van der Waals surface area contributed by atoms with E-state index in [0.29, 0.717) is 22.7 Å². The Hall–Kier alpha value is -2.88. The van der Waals surface area contributed by atoms with Crippen LogP contribution in [0, 0.1) is 0 Å². The number of aromatic nitrogens is 3. The van der Waals surface area contributed by atoms with Crippen LogP contribution in [0.2, 0.25) is 0 Å². The maximum Gasteiger partial charge on any atom is 0.398 e. The number of nitrogens with zero attached hydrogens (tertiary/aromatic N) is 3. The van der Waals surface area contributed by atoms with Crippen molar-refractivity contribution in [2.75, 3.05) is 11.1 Å². The normalized spacial score (nSPS) is 11.5. The minimum atomic E-state index is -4.32. The highest BCUT2D eigenvalue weighted by molar-refractivity contribution is 7.99. The predicted octanol–water partition coefficient (Wildman–Crippen LogP) is 3.08. The first-order chi connectivity index (χ1) is 12.8. The molecule has 0 unspecified atom stereocenters. The van der Waals surface area contributed by atoms with Crippen molar-refractivity contribution >= 4 is 34.3 Å². The molecule has 0 spiro atoms. The van der Waals surface area contributed by atoms with Crippen molar-refractivity contribution in [3.05, 3.63) is 58.9 Å². The zero-order valence-corrected chi connectivity index (χ0v) is 14.5. The largest absolute Gasteiger partial charge is 0.398 e. The van der Waals surface area contributed by atoms with Gasteiger partial charge in [0, 0.05) is 4.90 Å². The van der Waals surface area contributed by atoms with Gasteiger partial charge >= 0.3 is 6.18 Å². The van der Waals surface area contributed by atoms with E-state index in [-0.39, 0.29) is 10.6 Å². The lowest BCUT2D eigenvalue weighted by Gasteiger charge is -2.12. The number of carbonyl (C=O) groups is 1. The van der Waals surface area contributed by atoms with Crippen LogP contribution in [0.1, 0.15) is 0 Å². The Morgan fingerprint density at radius 3 is 2.59 bits per heavy atom. The van der Waals surface area contributed by atoms with Crippen molar-refractivity contribution in [2.45, 2.75) is 17.6 Å². The Labute approximate surface area is 155 Å². The number of carbonyl (C=O) groups excluding carboxylic acids is 1. The Balaban J connectivity index is 1.75. The molecule has 0 aliphatic rings. The van der Waals surface area contributed by atoms with E-state index in [1.807, 2.05) is 0 Å². The molecule has 0 saturated heterocycles. The number of alkyl halides is 3. The number of anilines is 1. The van der Waals surface area contributed by atoms with Crippen molar-refractivity contribution in [3.63, 3.8) is 0 Å². The van der Waals surface area contributed by atoms with Crippen molar-refractivity contribution in [1.29, 1.82) is 0 Å². The quantitative estimate of drug-likeness (QED) is 0.673. The van der Waals surface area contributed by atoms with Gasteiger partial charge in [0.05, 0.1) is 16.8 Å². The second-order valence-electron chi connectivity index (χ2n) is 5.52. The lowest BCUT2D eigenvalue weighted by Crippen LogP contribution is -2.30. The Kier molecular flexibility index (Phi) is 5.45. The molecule has 0 radical (unpaired) electrons. The molecule has 0 bridgehead atoms. The number of benzene rings is 2. The van der Waals surface area contributed by atoms with Gasteiger partial charge in [-0.25, -0.2) is 4.68 Å². The molecule has 0 aliphatic carbocycles. The van der Waals surface area contributed by atoms with Crippen LogP contribution in [0.5, 0.6) is 0 Å². The molecule has 3 rings (SSSR count). The van der Waals surface area contributed by atoms with Crippen LogP contribution < -0.4 is 10.9 Å². The Morgan fingerprint density at radius 1 is 1.11 bits per heavy atom. The fourth-order valence-corrected chi connectivity index (χ4v) is 3.08. The fraction of sp³-hybridized carbons (Fsp3) is 0.176. The molecular formula is C17H13F3N4O2S. The van der Waals surface area contributed by atoms with Crippen LogP contribution in [0.3, 0.4) is 0 Å². The molecule has 0 aliphatic heterocycles. The minimum Gasteiger partial charge on any atom is -0.323 e. The van der Waals surface area contributed by atoms with E-state index in [9.17, 15) is 22.8 Å². The van der Waals surface area contributed by atoms with Gasteiger partial charge in [-0.2, -0.15) is 13.2 Å². The number of halogens is 3. The highest BCUT2D eigenvalue weighted by Gasteiger charge is 2.27. The van der Waals surface area contributed by atoms with Crippen LogP contribution in [-0.2, 0) is 11.3 Å². The number of hydrogen-bond donors (Lipinski definition) is 1. The topological polar surface area (TPSA) is 76.9 Å². The average molecular weight is 394 g/mol. The van der Waals surface area contributed by atoms with E-state index in [2.05, 4.69) is 15.6 Å². The molecular weight excluding hydrogens is 381 g/mol. The third-order valence-electron chi connectivity index (χ3n) is 3.48. The van der Waals surface area contributed by atoms with E-state index in [4.69, 9.17) is 0 Å². The molecule has 1 heterocycles. The Morgan fingerprint density at radius 2 is 1.81 bits per heavy atom. The van der Waals surface area contributed by atoms with Crippen LogP contribution in [-0.4, -0.2) is 32.8 Å². The van der Waals surface area contributed by atoms with Crippen LogP contribution in [0.15, 0.2) is 58.2 Å². The van der Waals surface area contributed by atoms with Gasteiger partial charge in [-0.3, -0.25) is 9.59 Å². The van der Waals surface area contributed by atoms with Crippen molar-refractivity contribution in [3.8, 4) is 0 Å². The summed E-state index contributed by atoms with van der Waals surface area (Å²) in [5.41, 5.74) is 0.169. The average Bonchev–Trinajstić information content (AvgIpc) is 2.63. The molecule has 10 heteroatoms. The first-order valence-corrected chi connectivity index (χ1v) is 8.73. The lowest BCUT2D eigenvalue weighted by atomic mass is 10.2.